The van der Waals surface area contributed by atoms with Crippen LogP contribution >= 0.6 is 0 Å². The lowest BCUT2D eigenvalue weighted by Crippen LogP contribution is -2.27. The van der Waals surface area contributed by atoms with E-state index in [0.29, 0.717) is 0 Å². The summed E-state index contributed by atoms with van der Waals surface area (Å²) in [7, 11) is 2.07. The smallest absolute Gasteiger partial charge is 0.171 e. The highest BCUT2D eigenvalue weighted by molar-refractivity contribution is 5.18. The van der Waals surface area contributed by atoms with Crippen molar-refractivity contribution in [1.82, 2.24) is 0 Å². The molecule has 0 aliphatic rings. The number of rotatable bonds is 2. The fraction of sp³-hybridized carbons (Fsp3) is 0.500. The molecule has 0 saturated carbocycles. The molecule has 0 aromatic carbocycles. The largest absolute Gasteiger partial charge is 0.208 e. The fourth-order valence-electron chi connectivity index (χ4n) is 1.26. The van der Waals surface area contributed by atoms with Gasteiger partial charge in [-0.15, -0.1) is 0 Å². The second-order valence-electron chi connectivity index (χ2n) is 3.07. The van der Waals surface area contributed by atoms with E-state index in [9.17, 15) is 0 Å². The van der Waals surface area contributed by atoms with Crippen molar-refractivity contribution in [2.45, 2.75) is 26.7 Å². The van der Waals surface area contributed by atoms with E-state index in [1.807, 2.05) is 0 Å². The van der Waals surface area contributed by atoms with Gasteiger partial charge in [0.2, 0.25) is 0 Å². The van der Waals surface area contributed by atoms with E-state index in [1.165, 1.54) is 24.0 Å². The summed E-state index contributed by atoms with van der Waals surface area (Å²) in [6, 6.07) is 2.17. The zero-order chi connectivity index (χ0) is 8.27. The maximum absolute atomic E-state index is 2.21. The van der Waals surface area contributed by atoms with Gasteiger partial charge in [-0.3, -0.25) is 0 Å². The fourth-order valence-corrected chi connectivity index (χ4v) is 1.26. The average Bonchev–Trinajstić information content (AvgIpc) is 1.98. The molecule has 0 saturated heterocycles. The summed E-state index contributed by atoms with van der Waals surface area (Å²) in [5.41, 5.74) is 2.88. The highest BCUT2D eigenvalue weighted by Crippen LogP contribution is 2.05. The molecule has 0 N–H and O–H groups in total. The lowest BCUT2D eigenvalue weighted by Gasteiger charge is -1.99. The summed E-state index contributed by atoms with van der Waals surface area (Å²) < 4.78 is 2.11. The minimum atomic E-state index is 1.19. The molecule has 0 aliphatic heterocycles. The standard InChI is InChI=1S/C10H16N/c1-4-5-10-8-11(3)7-6-9(10)2/h6-8H,4-5H2,1-3H3/q+1. The van der Waals surface area contributed by atoms with Gasteiger partial charge in [-0.2, -0.15) is 0 Å². The van der Waals surface area contributed by atoms with Gasteiger partial charge in [0.1, 0.15) is 7.05 Å². The van der Waals surface area contributed by atoms with E-state index in [2.05, 4.69) is 43.9 Å². The maximum Gasteiger partial charge on any atom is 0.171 e. The Bertz CT molecular complexity index is 241. The van der Waals surface area contributed by atoms with Gasteiger partial charge in [-0.05, 0) is 18.9 Å². The summed E-state index contributed by atoms with van der Waals surface area (Å²) in [4.78, 5) is 0. The van der Waals surface area contributed by atoms with Crippen molar-refractivity contribution in [2.24, 2.45) is 7.05 Å². The van der Waals surface area contributed by atoms with E-state index in [1.54, 1.807) is 0 Å². The molecule has 1 heterocycles. The first-order chi connectivity index (χ1) is 5.24. The van der Waals surface area contributed by atoms with E-state index in [4.69, 9.17) is 0 Å². The molecule has 0 atom stereocenters. The van der Waals surface area contributed by atoms with Gasteiger partial charge in [0.25, 0.3) is 0 Å². The highest BCUT2D eigenvalue weighted by atomic mass is 14.9. The van der Waals surface area contributed by atoms with E-state index in [0.717, 1.165) is 0 Å². The second kappa shape index (κ2) is 3.51. The van der Waals surface area contributed by atoms with Crippen LogP contribution in [0.25, 0.3) is 0 Å². The Morgan fingerprint density at radius 3 is 2.82 bits per heavy atom. The number of aryl methyl sites for hydroxylation is 3. The third-order valence-corrected chi connectivity index (χ3v) is 1.94. The quantitative estimate of drug-likeness (QED) is 0.566. The van der Waals surface area contributed by atoms with Crippen LogP contribution in [0.2, 0.25) is 0 Å². The van der Waals surface area contributed by atoms with Crippen molar-refractivity contribution >= 4 is 0 Å². The van der Waals surface area contributed by atoms with Crippen molar-refractivity contribution in [2.75, 3.05) is 0 Å². The van der Waals surface area contributed by atoms with Crippen LogP contribution in [-0.2, 0) is 13.5 Å². The predicted molar refractivity (Wildman–Crippen MR) is 46.4 cm³/mol. The summed E-state index contributed by atoms with van der Waals surface area (Å²) in [5.74, 6) is 0. The van der Waals surface area contributed by atoms with Crippen molar-refractivity contribution in [3.8, 4) is 0 Å². The van der Waals surface area contributed by atoms with Gasteiger partial charge in [0, 0.05) is 11.6 Å². The second-order valence-corrected chi connectivity index (χ2v) is 3.07. The number of hydrogen-bond acceptors (Lipinski definition) is 0. The number of nitrogens with zero attached hydrogens (tertiary/aromatic N) is 1. The van der Waals surface area contributed by atoms with Gasteiger partial charge in [-0.1, -0.05) is 13.3 Å². The zero-order valence-corrected chi connectivity index (χ0v) is 7.59. The minimum absolute atomic E-state index is 1.19. The van der Waals surface area contributed by atoms with Crippen LogP contribution < -0.4 is 4.57 Å². The molecule has 0 aliphatic carbocycles. The average molecular weight is 150 g/mol. The molecule has 0 fully saturated rings. The number of aromatic nitrogens is 1. The molecule has 0 spiro atoms. The molecule has 1 rings (SSSR count). The molecule has 11 heavy (non-hydrogen) atoms. The monoisotopic (exact) mass is 150 g/mol. The molecule has 0 bridgehead atoms. The third kappa shape index (κ3) is 2.04. The maximum atomic E-state index is 2.21. The first-order valence-corrected chi connectivity index (χ1v) is 4.18. The lowest BCUT2D eigenvalue weighted by atomic mass is 10.1. The topological polar surface area (TPSA) is 3.88 Å². The molecular formula is C10H16N+. The summed E-state index contributed by atoms with van der Waals surface area (Å²) in [6.07, 6.45) is 6.72. The van der Waals surface area contributed by atoms with Crippen molar-refractivity contribution in [3.05, 3.63) is 29.6 Å². The van der Waals surface area contributed by atoms with Crippen LogP contribution in [0.4, 0.5) is 0 Å². The molecule has 60 valence electrons. The molecule has 1 aromatic rings. The Labute approximate surface area is 68.7 Å². The van der Waals surface area contributed by atoms with Crippen molar-refractivity contribution < 1.29 is 4.57 Å². The number of hydrogen-bond donors (Lipinski definition) is 0. The Balaban J connectivity index is 2.93. The van der Waals surface area contributed by atoms with Crippen LogP contribution in [0.15, 0.2) is 18.5 Å². The lowest BCUT2D eigenvalue weighted by molar-refractivity contribution is -0.672. The van der Waals surface area contributed by atoms with Crippen molar-refractivity contribution in [1.29, 1.82) is 0 Å². The highest BCUT2D eigenvalue weighted by Gasteiger charge is 2.00. The molecule has 0 unspecified atom stereocenters. The summed E-state index contributed by atoms with van der Waals surface area (Å²) in [5, 5.41) is 0. The van der Waals surface area contributed by atoms with E-state index < -0.39 is 0 Å². The van der Waals surface area contributed by atoms with Gasteiger partial charge in [-0.25, -0.2) is 4.57 Å². The first kappa shape index (κ1) is 8.25. The van der Waals surface area contributed by atoms with Gasteiger partial charge in [0.15, 0.2) is 12.4 Å². The molecule has 1 heteroatoms. The summed E-state index contributed by atoms with van der Waals surface area (Å²) in [6.45, 7) is 4.39. The first-order valence-electron chi connectivity index (χ1n) is 4.18. The molecular weight excluding hydrogens is 134 g/mol. The molecule has 1 nitrogen and oxygen atoms in total. The van der Waals surface area contributed by atoms with Gasteiger partial charge >= 0.3 is 0 Å². The van der Waals surface area contributed by atoms with Crippen LogP contribution in [0, 0.1) is 6.92 Å². The zero-order valence-electron chi connectivity index (χ0n) is 7.59. The van der Waals surface area contributed by atoms with Crippen LogP contribution in [0.3, 0.4) is 0 Å². The Kier molecular flexibility index (Phi) is 2.64. The minimum Gasteiger partial charge on any atom is -0.208 e. The van der Waals surface area contributed by atoms with E-state index >= 15 is 0 Å². The normalized spacial score (nSPS) is 10.1. The van der Waals surface area contributed by atoms with Gasteiger partial charge < -0.3 is 0 Å². The van der Waals surface area contributed by atoms with Crippen LogP contribution in [-0.4, -0.2) is 0 Å². The van der Waals surface area contributed by atoms with Crippen LogP contribution in [0.1, 0.15) is 24.5 Å². The van der Waals surface area contributed by atoms with Crippen molar-refractivity contribution in [3.63, 3.8) is 0 Å². The molecule has 0 amide bonds. The molecule has 1 aromatic heterocycles. The third-order valence-electron chi connectivity index (χ3n) is 1.94. The number of pyridine rings is 1. The van der Waals surface area contributed by atoms with Crippen LogP contribution in [0.5, 0.6) is 0 Å². The van der Waals surface area contributed by atoms with Gasteiger partial charge in [0.05, 0.1) is 0 Å². The SMILES string of the molecule is CCCc1c[n+](C)ccc1C. The summed E-state index contributed by atoms with van der Waals surface area (Å²) >= 11 is 0. The Morgan fingerprint density at radius 2 is 2.18 bits per heavy atom. The Morgan fingerprint density at radius 1 is 1.45 bits per heavy atom. The molecule has 0 radical (unpaired) electrons. The van der Waals surface area contributed by atoms with E-state index in [-0.39, 0.29) is 0 Å². The predicted octanol–water partition coefficient (Wildman–Crippen LogP) is 1.77. The Hall–Kier alpha value is -0.850.